The number of pyridine rings is 2. The number of aryl methyl sites for hydroxylation is 1. The molecule has 8 rings (SSSR count). The molecule has 45 heavy (non-hydrogen) atoms. The number of fused-ring (bicyclic) bond motifs is 2. The lowest BCUT2D eigenvalue weighted by Crippen LogP contribution is -2.42. The predicted molar refractivity (Wildman–Crippen MR) is 169 cm³/mol. The summed E-state index contributed by atoms with van der Waals surface area (Å²) in [5, 5.41) is 17.6. The molecule has 1 saturated heterocycles. The van der Waals surface area contributed by atoms with Crippen molar-refractivity contribution in [3.8, 4) is 22.9 Å². The van der Waals surface area contributed by atoms with E-state index in [1.54, 1.807) is 51.0 Å². The Balaban J connectivity index is 0.000000171. The van der Waals surface area contributed by atoms with Crippen LogP contribution in [0.2, 0.25) is 0 Å². The Morgan fingerprint density at radius 2 is 1.64 bits per heavy atom. The first-order valence-corrected chi connectivity index (χ1v) is 14.9. The molecule has 0 radical (unpaired) electrons. The van der Waals surface area contributed by atoms with Gasteiger partial charge >= 0.3 is 0 Å². The van der Waals surface area contributed by atoms with Gasteiger partial charge < -0.3 is 16.0 Å². The van der Waals surface area contributed by atoms with Crippen LogP contribution in [0.5, 0.6) is 0 Å². The summed E-state index contributed by atoms with van der Waals surface area (Å²) in [4.78, 5) is 40.2. The second kappa shape index (κ2) is 11.6. The smallest absolute Gasteiger partial charge is 0.274 e. The number of rotatable bonds is 5. The number of nitrogens with two attached hydrogens (primary N) is 1. The van der Waals surface area contributed by atoms with Crippen molar-refractivity contribution in [3.05, 3.63) is 95.3 Å². The van der Waals surface area contributed by atoms with Crippen molar-refractivity contribution in [1.82, 2.24) is 48.9 Å². The normalized spacial score (nSPS) is 12.5. The lowest BCUT2D eigenvalue weighted by atomic mass is 10.1. The molecular weight excluding hydrogens is 592 g/mol. The molecule has 0 aliphatic carbocycles. The maximum absolute atomic E-state index is 12.9. The number of hydrogen-bond acceptors (Lipinski definition) is 10. The third-order valence-corrected chi connectivity index (χ3v) is 7.75. The number of benzene rings is 1. The van der Waals surface area contributed by atoms with Crippen LogP contribution >= 0.6 is 11.3 Å². The van der Waals surface area contributed by atoms with Gasteiger partial charge in [0.1, 0.15) is 11.4 Å². The van der Waals surface area contributed by atoms with E-state index in [2.05, 4.69) is 35.6 Å². The van der Waals surface area contributed by atoms with Crippen molar-refractivity contribution in [2.75, 3.05) is 24.1 Å². The second-order valence-corrected chi connectivity index (χ2v) is 10.9. The zero-order valence-electron chi connectivity index (χ0n) is 24.0. The molecule has 224 valence electrons. The maximum atomic E-state index is 12.9. The molecular formula is C30H26N12O2S. The number of amides is 2. The molecule has 0 unspecified atom stereocenters. The van der Waals surface area contributed by atoms with Crippen LogP contribution in [0, 0.1) is 0 Å². The summed E-state index contributed by atoms with van der Waals surface area (Å²) in [6, 6.07) is 17.0. The van der Waals surface area contributed by atoms with Gasteiger partial charge in [-0.2, -0.15) is 5.10 Å². The average Bonchev–Trinajstić information content (AvgIpc) is 3.82. The highest BCUT2D eigenvalue weighted by molar-refractivity contribution is 7.07. The predicted octanol–water partition coefficient (Wildman–Crippen LogP) is 3.66. The molecule has 6 aromatic heterocycles. The highest BCUT2D eigenvalue weighted by atomic mass is 32.1. The van der Waals surface area contributed by atoms with Gasteiger partial charge in [0.15, 0.2) is 17.1 Å². The fourth-order valence-electron chi connectivity index (χ4n) is 4.74. The topological polar surface area (TPSA) is 167 Å². The van der Waals surface area contributed by atoms with Crippen molar-refractivity contribution < 1.29 is 9.59 Å². The number of nitrogens with zero attached hydrogens (tertiary/aromatic N) is 10. The molecule has 2 amide bonds. The number of thiazole rings is 1. The van der Waals surface area contributed by atoms with Gasteiger partial charge in [-0.05, 0) is 30.7 Å². The molecule has 3 N–H and O–H groups in total. The summed E-state index contributed by atoms with van der Waals surface area (Å²) in [6.07, 6.45) is 5.85. The van der Waals surface area contributed by atoms with Crippen LogP contribution < -0.4 is 11.1 Å². The van der Waals surface area contributed by atoms with Gasteiger partial charge in [-0.1, -0.05) is 30.3 Å². The van der Waals surface area contributed by atoms with Crippen LogP contribution in [0.25, 0.3) is 34.2 Å². The Bertz CT molecular complexity index is 2150. The summed E-state index contributed by atoms with van der Waals surface area (Å²) in [5.74, 6) is 0.650. The van der Waals surface area contributed by atoms with Crippen LogP contribution in [0.15, 0.2) is 84.1 Å². The van der Waals surface area contributed by atoms with Crippen LogP contribution in [0.4, 0.5) is 11.4 Å². The monoisotopic (exact) mass is 618 g/mol. The summed E-state index contributed by atoms with van der Waals surface area (Å²) in [7, 11) is 1.64. The van der Waals surface area contributed by atoms with Crippen LogP contribution in [0.3, 0.4) is 0 Å². The minimum absolute atomic E-state index is 0.172. The molecule has 1 aliphatic heterocycles. The molecule has 0 atom stereocenters. The second-order valence-electron chi connectivity index (χ2n) is 10.2. The highest BCUT2D eigenvalue weighted by Crippen LogP contribution is 2.20. The van der Waals surface area contributed by atoms with E-state index in [1.807, 2.05) is 47.8 Å². The Morgan fingerprint density at radius 3 is 2.38 bits per heavy atom. The zero-order chi connectivity index (χ0) is 30.9. The summed E-state index contributed by atoms with van der Waals surface area (Å²) < 4.78 is 4.69. The number of nitrogens with one attached hydrogen (secondary N) is 1. The van der Waals surface area contributed by atoms with Crippen molar-refractivity contribution in [1.29, 1.82) is 0 Å². The summed E-state index contributed by atoms with van der Waals surface area (Å²) in [6.45, 7) is 1.41. The Labute approximate surface area is 259 Å². The molecule has 0 spiro atoms. The summed E-state index contributed by atoms with van der Waals surface area (Å²) >= 11 is 1.47. The SMILES string of the molecule is Cn1ncc(C(=O)N2CCC2)c1C(=O)Nc1ccc2nc(-c3cscn3)nn2c1.Nc1ccc2nc(-c3ccccc3)nn2c1. The number of carbonyl (C=O) groups excluding carboxylic acids is 2. The van der Waals surface area contributed by atoms with Gasteiger partial charge in [0.2, 0.25) is 5.82 Å². The lowest BCUT2D eigenvalue weighted by molar-refractivity contribution is 0.0648. The molecule has 0 bridgehead atoms. The minimum atomic E-state index is -0.409. The van der Waals surface area contributed by atoms with E-state index in [0.29, 0.717) is 53.0 Å². The van der Waals surface area contributed by atoms with Crippen LogP contribution in [-0.2, 0) is 7.05 Å². The number of hydrogen-bond donors (Lipinski definition) is 2. The minimum Gasteiger partial charge on any atom is -0.397 e. The first-order chi connectivity index (χ1) is 21.9. The quantitative estimate of drug-likeness (QED) is 0.293. The molecule has 1 aromatic carbocycles. The number of aromatic nitrogens is 9. The third kappa shape index (κ3) is 5.59. The van der Waals surface area contributed by atoms with Gasteiger partial charge in [0.25, 0.3) is 11.8 Å². The fraction of sp³-hybridized carbons (Fsp3) is 0.133. The molecule has 7 aromatic rings. The fourth-order valence-corrected chi connectivity index (χ4v) is 5.27. The van der Waals surface area contributed by atoms with Crippen molar-refractivity contribution in [2.45, 2.75) is 6.42 Å². The lowest BCUT2D eigenvalue weighted by Gasteiger charge is -2.30. The first kappa shape index (κ1) is 27.8. The zero-order valence-corrected chi connectivity index (χ0v) is 24.8. The number of likely N-dealkylation sites (tertiary alicyclic amines) is 1. The van der Waals surface area contributed by atoms with Gasteiger partial charge in [0, 0.05) is 31.1 Å². The third-order valence-electron chi connectivity index (χ3n) is 7.16. The van der Waals surface area contributed by atoms with Gasteiger partial charge in [-0.15, -0.1) is 21.5 Å². The maximum Gasteiger partial charge on any atom is 0.274 e. The number of anilines is 2. The Hall–Kier alpha value is -5.96. The van der Waals surface area contributed by atoms with E-state index in [4.69, 9.17) is 5.73 Å². The Kier molecular flexibility index (Phi) is 7.19. The molecule has 14 nitrogen and oxygen atoms in total. The molecule has 7 heterocycles. The van der Waals surface area contributed by atoms with Gasteiger partial charge in [-0.3, -0.25) is 14.3 Å². The number of carbonyl (C=O) groups is 2. The number of nitrogen functional groups attached to an aromatic ring is 1. The van der Waals surface area contributed by atoms with Crippen LogP contribution in [0.1, 0.15) is 27.3 Å². The van der Waals surface area contributed by atoms with E-state index >= 15 is 0 Å². The highest BCUT2D eigenvalue weighted by Gasteiger charge is 2.28. The van der Waals surface area contributed by atoms with Crippen molar-refractivity contribution in [3.63, 3.8) is 0 Å². The standard InChI is InChI=1S/C18H16N8O2S.C12H10N4/c1-24-15(12(7-20-24)18(28)25-5-2-6-25)17(27)21-11-3-4-14-22-16(23-26(14)8-11)13-9-29-10-19-13;13-10-6-7-11-14-12(15-16(11)8-10)9-4-2-1-3-5-9/h3-4,7-10H,2,5-6H2,1H3,(H,21,27);1-8H,13H2. The largest absolute Gasteiger partial charge is 0.397 e. The molecule has 15 heteroatoms. The summed E-state index contributed by atoms with van der Waals surface area (Å²) in [5.41, 5.74) is 12.3. The van der Waals surface area contributed by atoms with Crippen LogP contribution in [-0.4, -0.2) is 73.8 Å². The molecule has 1 fully saturated rings. The van der Waals surface area contributed by atoms with E-state index in [1.165, 1.54) is 22.2 Å². The Morgan fingerprint density at radius 1 is 0.911 bits per heavy atom. The van der Waals surface area contributed by atoms with Gasteiger partial charge in [-0.25, -0.2) is 24.0 Å². The molecule has 1 aliphatic rings. The first-order valence-electron chi connectivity index (χ1n) is 14.0. The van der Waals surface area contributed by atoms with Gasteiger partial charge in [0.05, 0.1) is 41.0 Å². The van der Waals surface area contributed by atoms with E-state index in [0.717, 1.165) is 17.6 Å². The van der Waals surface area contributed by atoms with Crippen molar-refractivity contribution >= 4 is 45.8 Å². The van der Waals surface area contributed by atoms with E-state index in [-0.39, 0.29) is 11.6 Å². The molecule has 0 saturated carbocycles. The van der Waals surface area contributed by atoms with Crippen molar-refractivity contribution in [2.24, 2.45) is 7.05 Å². The van der Waals surface area contributed by atoms with E-state index in [9.17, 15) is 9.59 Å². The van der Waals surface area contributed by atoms with E-state index < -0.39 is 5.91 Å². The average molecular weight is 619 g/mol.